The third kappa shape index (κ3) is 4.46. The van der Waals surface area contributed by atoms with Crippen molar-refractivity contribution in [3.05, 3.63) is 0 Å². The Labute approximate surface area is 262 Å². The smallest absolute Gasteiger partial charge is 0.312 e. The molecule has 0 N–H and O–H groups in total. The lowest BCUT2D eigenvalue weighted by Gasteiger charge is -2.46. The summed E-state index contributed by atoms with van der Waals surface area (Å²) in [6.45, 7) is 14.7. The monoisotopic (exact) mass is 594 g/mol. The van der Waals surface area contributed by atoms with Crippen molar-refractivity contribution in [3.63, 3.8) is 0 Å². The fourth-order valence-electron chi connectivity index (χ4n) is 13.5. The molecule has 8 saturated carbocycles. The molecule has 0 aromatic rings. The Morgan fingerprint density at radius 1 is 0.674 bits per heavy atom. The van der Waals surface area contributed by atoms with E-state index in [2.05, 4.69) is 27.7 Å². The van der Waals surface area contributed by atoms with Crippen LogP contribution in [0.5, 0.6) is 0 Å². The molecule has 0 aromatic carbocycles. The molecule has 0 aromatic heterocycles. The number of fused-ring (bicyclic) bond motifs is 18. The minimum absolute atomic E-state index is 0.0455. The molecule has 4 heteroatoms. The molecule has 8 fully saturated rings. The molecule has 43 heavy (non-hydrogen) atoms. The molecule has 15 unspecified atom stereocenters. The number of hydrogen-bond donors (Lipinski definition) is 0. The van der Waals surface area contributed by atoms with Gasteiger partial charge in [-0.3, -0.25) is 9.59 Å². The summed E-state index contributed by atoms with van der Waals surface area (Å²) in [5.41, 5.74) is -0.561. The van der Waals surface area contributed by atoms with Crippen LogP contribution >= 0.6 is 0 Å². The van der Waals surface area contributed by atoms with Crippen molar-refractivity contribution in [1.29, 1.82) is 0 Å². The van der Waals surface area contributed by atoms with E-state index in [1.807, 2.05) is 20.8 Å². The Kier molecular flexibility index (Phi) is 7.65. The molecule has 8 aliphatic carbocycles. The molecular weight excluding hydrogens is 532 g/mol. The molecule has 0 spiro atoms. The molecule has 242 valence electrons. The van der Waals surface area contributed by atoms with Gasteiger partial charge in [0.25, 0.3) is 0 Å². The van der Waals surface area contributed by atoms with Crippen molar-refractivity contribution in [3.8, 4) is 0 Å². The third-order valence-electron chi connectivity index (χ3n) is 16.0. The van der Waals surface area contributed by atoms with Crippen LogP contribution in [0.4, 0.5) is 0 Å². The molecule has 4 nitrogen and oxygen atoms in total. The Bertz CT molecular complexity index is 1100. The molecule has 0 amide bonds. The summed E-state index contributed by atoms with van der Waals surface area (Å²) >= 11 is 0. The first-order chi connectivity index (χ1) is 20.5. The fraction of sp³-hybridized carbons (Fsp3) is 0.949. The standard InChI is InChI=1S/C20H32O2.C19H30O2/c1-5-19(3,4)18(21)22-20(6-2)11-14-10-15(20)17-13-8-7-12(9-13)16(14)17;1-4-11(3)18(20)21-19(5-2)10-14-9-15(19)17-13-7-6-12(8-13)16(14)17/h12-17H,5-11H2,1-4H3;11-17H,4-10H2,1-3H3. The second kappa shape index (κ2) is 10.8. The highest BCUT2D eigenvalue weighted by molar-refractivity contribution is 5.76. The van der Waals surface area contributed by atoms with E-state index in [0.29, 0.717) is 11.8 Å². The minimum atomic E-state index is -0.335. The maximum atomic E-state index is 12.7. The van der Waals surface area contributed by atoms with Gasteiger partial charge in [0, 0.05) is 11.8 Å². The first kappa shape index (κ1) is 30.6. The van der Waals surface area contributed by atoms with Gasteiger partial charge in [0.15, 0.2) is 0 Å². The van der Waals surface area contributed by atoms with E-state index in [1.165, 1.54) is 57.8 Å². The molecule has 8 bridgehead atoms. The van der Waals surface area contributed by atoms with E-state index in [9.17, 15) is 9.59 Å². The first-order valence-electron chi connectivity index (χ1n) is 19.0. The van der Waals surface area contributed by atoms with Crippen molar-refractivity contribution in [2.24, 2.45) is 82.3 Å². The van der Waals surface area contributed by atoms with Crippen molar-refractivity contribution in [2.75, 3.05) is 0 Å². The van der Waals surface area contributed by atoms with E-state index in [-0.39, 0.29) is 34.5 Å². The van der Waals surface area contributed by atoms with E-state index in [1.54, 1.807) is 0 Å². The third-order valence-corrected chi connectivity index (χ3v) is 16.0. The lowest BCUT2D eigenvalue weighted by molar-refractivity contribution is -0.183. The Morgan fingerprint density at radius 3 is 1.53 bits per heavy atom. The minimum Gasteiger partial charge on any atom is -0.459 e. The molecule has 0 heterocycles. The van der Waals surface area contributed by atoms with Crippen LogP contribution in [0.3, 0.4) is 0 Å². The number of hydrogen-bond acceptors (Lipinski definition) is 4. The first-order valence-corrected chi connectivity index (χ1v) is 19.0. The van der Waals surface area contributed by atoms with Crippen LogP contribution in [0, 0.1) is 82.3 Å². The summed E-state index contributed by atoms with van der Waals surface area (Å²) in [5, 5.41) is 0. The van der Waals surface area contributed by atoms with Gasteiger partial charge in [-0.25, -0.2) is 0 Å². The van der Waals surface area contributed by atoms with Crippen LogP contribution < -0.4 is 0 Å². The second-order valence-corrected chi connectivity index (χ2v) is 17.8. The average molecular weight is 595 g/mol. The molecule has 8 rings (SSSR count). The van der Waals surface area contributed by atoms with Crippen LogP contribution in [-0.2, 0) is 19.1 Å². The van der Waals surface area contributed by atoms with Crippen molar-refractivity contribution in [1.82, 2.24) is 0 Å². The van der Waals surface area contributed by atoms with E-state index < -0.39 is 0 Å². The van der Waals surface area contributed by atoms with Gasteiger partial charge >= 0.3 is 11.9 Å². The van der Waals surface area contributed by atoms with Gasteiger partial charge in [-0.15, -0.1) is 0 Å². The average Bonchev–Trinajstić information content (AvgIpc) is 3.86. The van der Waals surface area contributed by atoms with Crippen molar-refractivity contribution in [2.45, 2.75) is 150 Å². The second-order valence-electron chi connectivity index (χ2n) is 17.8. The summed E-state index contributed by atoms with van der Waals surface area (Å²) in [7, 11) is 0. The quantitative estimate of drug-likeness (QED) is 0.208. The number of ether oxygens (including phenoxy) is 2. The van der Waals surface area contributed by atoms with Crippen LogP contribution in [-0.4, -0.2) is 23.1 Å². The zero-order valence-corrected chi connectivity index (χ0v) is 28.5. The van der Waals surface area contributed by atoms with Crippen LogP contribution in [0.2, 0.25) is 0 Å². The predicted octanol–water partition coefficient (Wildman–Crippen LogP) is 9.24. The lowest BCUT2D eigenvalue weighted by atomic mass is 9.65. The maximum Gasteiger partial charge on any atom is 0.312 e. The largest absolute Gasteiger partial charge is 0.459 e. The number of esters is 2. The Balaban J connectivity index is 0.000000140. The van der Waals surface area contributed by atoms with Gasteiger partial charge in [0.05, 0.1) is 11.3 Å². The van der Waals surface area contributed by atoms with Gasteiger partial charge in [0.1, 0.15) is 11.2 Å². The predicted molar refractivity (Wildman–Crippen MR) is 170 cm³/mol. The molecule has 0 radical (unpaired) electrons. The molecule has 8 aliphatic rings. The fourth-order valence-corrected chi connectivity index (χ4v) is 13.5. The highest BCUT2D eigenvalue weighted by Gasteiger charge is 2.69. The summed E-state index contributed by atoms with van der Waals surface area (Å²) in [4.78, 5) is 25.1. The molecule has 0 saturated heterocycles. The van der Waals surface area contributed by atoms with Gasteiger partial charge < -0.3 is 9.47 Å². The topological polar surface area (TPSA) is 52.6 Å². The maximum absolute atomic E-state index is 12.7. The van der Waals surface area contributed by atoms with E-state index >= 15 is 0 Å². The van der Waals surface area contributed by atoms with Crippen molar-refractivity contribution >= 4 is 11.9 Å². The van der Waals surface area contributed by atoms with Gasteiger partial charge in [0.2, 0.25) is 0 Å². The summed E-state index contributed by atoms with van der Waals surface area (Å²) in [6.07, 6.45) is 17.6. The van der Waals surface area contributed by atoms with Crippen LogP contribution in [0.1, 0.15) is 138 Å². The normalized spacial score (nSPS) is 49.9. The van der Waals surface area contributed by atoms with Gasteiger partial charge in [-0.05, 0) is 163 Å². The number of rotatable bonds is 8. The van der Waals surface area contributed by atoms with Gasteiger partial charge in [-0.1, -0.05) is 34.6 Å². The lowest BCUT2D eigenvalue weighted by Crippen LogP contribution is -2.49. The van der Waals surface area contributed by atoms with Gasteiger partial charge in [-0.2, -0.15) is 0 Å². The molecular formula is C39H62O4. The SMILES string of the molecule is CCC(C)(C)C(=O)OC1(CC)CC2CC1C1C3CCC(C3)C21.CCC(C)C(=O)OC1(CC)CC2CC1C1C3CCC(C3)C21. The van der Waals surface area contributed by atoms with Crippen LogP contribution in [0.25, 0.3) is 0 Å². The van der Waals surface area contributed by atoms with E-state index in [4.69, 9.17) is 9.47 Å². The highest BCUT2D eigenvalue weighted by Crippen LogP contribution is 2.72. The highest BCUT2D eigenvalue weighted by atomic mass is 16.6. The summed E-state index contributed by atoms with van der Waals surface area (Å²) in [6, 6.07) is 0. The number of carbonyl (C=O) groups is 2. The summed E-state index contributed by atoms with van der Waals surface area (Å²) in [5.74, 6) is 10.9. The van der Waals surface area contributed by atoms with Crippen LogP contribution in [0.15, 0.2) is 0 Å². The zero-order chi connectivity index (χ0) is 30.5. The Morgan fingerprint density at radius 2 is 1.12 bits per heavy atom. The Hall–Kier alpha value is -1.06. The van der Waals surface area contributed by atoms with E-state index in [0.717, 1.165) is 91.3 Å². The molecule has 15 atom stereocenters. The number of carbonyl (C=O) groups excluding carboxylic acids is 2. The molecule has 0 aliphatic heterocycles. The zero-order valence-electron chi connectivity index (χ0n) is 28.5. The van der Waals surface area contributed by atoms with Crippen molar-refractivity contribution < 1.29 is 19.1 Å². The summed E-state index contributed by atoms with van der Waals surface area (Å²) < 4.78 is 12.5.